The van der Waals surface area contributed by atoms with Gasteiger partial charge in [-0.05, 0) is 25.1 Å². The summed E-state index contributed by atoms with van der Waals surface area (Å²) in [5, 5.41) is 19.8. The van der Waals surface area contributed by atoms with Crippen LogP contribution in [0, 0.1) is 10.1 Å². The molecule has 0 bridgehead atoms. The van der Waals surface area contributed by atoms with Crippen LogP contribution in [-0.4, -0.2) is 32.3 Å². The Bertz CT molecular complexity index is 1230. The summed E-state index contributed by atoms with van der Waals surface area (Å²) in [6.45, 7) is 1.99. The Morgan fingerprint density at radius 2 is 1.58 bits per heavy atom. The van der Waals surface area contributed by atoms with E-state index in [1.807, 2.05) is 30.3 Å². The number of nitro groups is 1. The number of hydrogen-bond donors (Lipinski definition) is 0. The average molecular weight is 414 g/mol. The summed E-state index contributed by atoms with van der Waals surface area (Å²) in [5.74, 6) is 0.511. The van der Waals surface area contributed by atoms with Crippen molar-refractivity contribution in [3.05, 3.63) is 94.5 Å². The van der Waals surface area contributed by atoms with Crippen LogP contribution in [0.3, 0.4) is 0 Å². The molecule has 0 atom stereocenters. The third-order valence-corrected chi connectivity index (χ3v) is 4.68. The average Bonchev–Trinajstić information content (AvgIpc) is 3.25. The van der Waals surface area contributed by atoms with Crippen LogP contribution in [0.5, 0.6) is 0 Å². The van der Waals surface area contributed by atoms with Gasteiger partial charge in [0.15, 0.2) is 11.6 Å². The zero-order chi connectivity index (χ0) is 21.8. The molecule has 0 unspecified atom stereocenters. The van der Waals surface area contributed by atoms with Crippen molar-refractivity contribution in [2.45, 2.75) is 6.92 Å². The van der Waals surface area contributed by atoms with E-state index < -0.39 is 10.9 Å². The highest BCUT2D eigenvalue weighted by Gasteiger charge is 2.22. The number of esters is 1. The van der Waals surface area contributed by atoms with Gasteiger partial charge in [-0.15, -0.1) is 10.2 Å². The van der Waals surface area contributed by atoms with E-state index in [9.17, 15) is 14.9 Å². The molecule has 0 aliphatic heterocycles. The number of nitro benzene ring substituents is 1. The second-order valence-electron chi connectivity index (χ2n) is 6.59. The predicted molar refractivity (Wildman–Crippen MR) is 115 cm³/mol. The number of nitrogens with zero attached hydrogens (tertiary/aromatic N) is 4. The maximum Gasteiger partial charge on any atom is 0.338 e. The Balaban J connectivity index is 1.94. The molecule has 4 aromatic rings. The van der Waals surface area contributed by atoms with Crippen LogP contribution < -0.4 is 0 Å². The number of hydrogen-bond acceptors (Lipinski definition) is 6. The molecule has 0 spiro atoms. The van der Waals surface area contributed by atoms with Gasteiger partial charge in [0, 0.05) is 28.9 Å². The van der Waals surface area contributed by atoms with Gasteiger partial charge in [-0.25, -0.2) is 4.79 Å². The second-order valence-corrected chi connectivity index (χ2v) is 6.59. The summed E-state index contributed by atoms with van der Waals surface area (Å²) in [4.78, 5) is 23.2. The fourth-order valence-corrected chi connectivity index (χ4v) is 3.27. The minimum atomic E-state index is -0.461. The Kier molecular flexibility index (Phi) is 5.53. The molecule has 1 aromatic heterocycles. The molecule has 1 heterocycles. The van der Waals surface area contributed by atoms with Crippen molar-refractivity contribution >= 4 is 11.7 Å². The maximum atomic E-state index is 12.5. The molecule has 3 aromatic carbocycles. The van der Waals surface area contributed by atoms with Crippen molar-refractivity contribution < 1.29 is 14.5 Å². The fourth-order valence-electron chi connectivity index (χ4n) is 3.27. The molecule has 8 heteroatoms. The van der Waals surface area contributed by atoms with Gasteiger partial charge >= 0.3 is 5.97 Å². The van der Waals surface area contributed by atoms with E-state index in [2.05, 4.69) is 10.2 Å². The van der Waals surface area contributed by atoms with E-state index in [1.165, 1.54) is 12.1 Å². The molecule has 154 valence electrons. The predicted octanol–water partition coefficient (Wildman–Crippen LogP) is 4.69. The van der Waals surface area contributed by atoms with E-state index >= 15 is 0 Å². The maximum absolute atomic E-state index is 12.5. The summed E-state index contributed by atoms with van der Waals surface area (Å²) >= 11 is 0. The van der Waals surface area contributed by atoms with Crippen molar-refractivity contribution in [3.63, 3.8) is 0 Å². The van der Waals surface area contributed by atoms with Crippen LogP contribution in [0.4, 0.5) is 5.69 Å². The fraction of sp³-hybridized carbons (Fsp3) is 0.0870. The van der Waals surface area contributed by atoms with Gasteiger partial charge in [0.2, 0.25) is 0 Å². The lowest BCUT2D eigenvalue weighted by atomic mass is 10.1. The minimum Gasteiger partial charge on any atom is -0.462 e. The molecule has 8 nitrogen and oxygen atoms in total. The van der Waals surface area contributed by atoms with Crippen molar-refractivity contribution in [3.8, 4) is 28.5 Å². The van der Waals surface area contributed by atoms with Gasteiger partial charge in [-0.3, -0.25) is 14.7 Å². The van der Waals surface area contributed by atoms with Gasteiger partial charge in [0.25, 0.3) is 5.69 Å². The van der Waals surface area contributed by atoms with Crippen LogP contribution in [0.2, 0.25) is 0 Å². The normalized spacial score (nSPS) is 10.6. The van der Waals surface area contributed by atoms with Crippen LogP contribution in [0.1, 0.15) is 17.3 Å². The first-order chi connectivity index (χ1) is 15.1. The van der Waals surface area contributed by atoms with Gasteiger partial charge in [0.05, 0.1) is 17.1 Å². The zero-order valence-electron chi connectivity index (χ0n) is 16.6. The molecule has 0 aliphatic rings. The monoisotopic (exact) mass is 414 g/mol. The number of carbonyl (C=O) groups is 1. The molecule has 4 rings (SSSR count). The Morgan fingerprint density at radius 3 is 2.26 bits per heavy atom. The van der Waals surface area contributed by atoms with Crippen LogP contribution >= 0.6 is 0 Å². The van der Waals surface area contributed by atoms with Crippen LogP contribution in [0.15, 0.2) is 78.9 Å². The first-order valence-corrected chi connectivity index (χ1v) is 9.62. The number of benzene rings is 3. The number of aromatic nitrogens is 3. The summed E-state index contributed by atoms with van der Waals surface area (Å²) in [6, 6.07) is 22.6. The van der Waals surface area contributed by atoms with Crippen LogP contribution in [0.25, 0.3) is 28.5 Å². The zero-order valence-corrected chi connectivity index (χ0v) is 16.6. The third-order valence-electron chi connectivity index (χ3n) is 4.68. The molecule has 0 fully saturated rings. The summed E-state index contributed by atoms with van der Waals surface area (Å²) < 4.78 is 6.97. The summed E-state index contributed by atoms with van der Waals surface area (Å²) in [7, 11) is 0. The minimum absolute atomic E-state index is 0.0217. The molecule has 0 radical (unpaired) electrons. The van der Waals surface area contributed by atoms with Gasteiger partial charge in [-0.2, -0.15) is 0 Å². The lowest BCUT2D eigenvalue weighted by molar-refractivity contribution is -0.384. The molecule has 0 saturated heterocycles. The summed E-state index contributed by atoms with van der Waals surface area (Å²) in [6.07, 6.45) is 0. The second kappa shape index (κ2) is 8.58. The molecule has 31 heavy (non-hydrogen) atoms. The van der Waals surface area contributed by atoms with E-state index in [0.29, 0.717) is 28.5 Å². The van der Waals surface area contributed by atoms with Crippen molar-refractivity contribution in [1.82, 2.24) is 14.8 Å². The van der Waals surface area contributed by atoms with Crippen molar-refractivity contribution in [1.29, 1.82) is 0 Å². The van der Waals surface area contributed by atoms with Crippen LogP contribution in [-0.2, 0) is 4.74 Å². The Labute approximate surface area is 177 Å². The highest BCUT2D eigenvalue weighted by Crippen LogP contribution is 2.31. The first-order valence-electron chi connectivity index (χ1n) is 9.62. The molecule has 0 N–H and O–H groups in total. The molecule has 0 aliphatic carbocycles. The molecule has 0 amide bonds. The quantitative estimate of drug-likeness (QED) is 0.258. The SMILES string of the molecule is CCOC(=O)c1ccccc1-c1nnc(-c2ccccc2)n1-c1ccc([N+](=O)[O-])cc1. The Morgan fingerprint density at radius 1 is 0.935 bits per heavy atom. The highest BCUT2D eigenvalue weighted by molar-refractivity contribution is 5.96. The lowest BCUT2D eigenvalue weighted by Gasteiger charge is -2.13. The number of non-ortho nitro benzene ring substituents is 1. The number of carbonyl (C=O) groups excluding carboxylic acids is 1. The largest absolute Gasteiger partial charge is 0.462 e. The van der Waals surface area contributed by atoms with E-state index in [0.717, 1.165) is 5.56 Å². The smallest absolute Gasteiger partial charge is 0.338 e. The van der Waals surface area contributed by atoms with E-state index in [-0.39, 0.29) is 12.3 Å². The lowest BCUT2D eigenvalue weighted by Crippen LogP contribution is -2.08. The molecule has 0 saturated carbocycles. The topological polar surface area (TPSA) is 100 Å². The highest BCUT2D eigenvalue weighted by atomic mass is 16.6. The standard InChI is InChI=1S/C23H18N4O4/c1-2-31-23(28)20-11-7-6-10-19(20)22-25-24-21(16-8-4-3-5-9-16)26(22)17-12-14-18(15-13-17)27(29)30/h3-15H,2H2,1H3. The van der Waals surface area contributed by atoms with Crippen molar-refractivity contribution in [2.24, 2.45) is 0 Å². The molecular formula is C23H18N4O4. The van der Waals surface area contributed by atoms with E-state index in [4.69, 9.17) is 4.74 Å². The van der Waals surface area contributed by atoms with E-state index in [1.54, 1.807) is 47.9 Å². The number of rotatable bonds is 6. The third kappa shape index (κ3) is 3.91. The van der Waals surface area contributed by atoms with Gasteiger partial charge < -0.3 is 4.74 Å². The Hall–Kier alpha value is -4.33. The van der Waals surface area contributed by atoms with Gasteiger partial charge in [-0.1, -0.05) is 48.5 Å². The summed E-state index contributed by atoms with van der Waals surface area (Å²) in [5.41, 5.74) is 2.33. The van der Waals surface area contributed by atoms with Gasteiger partial charge in [0.1, 0.15) is 0 Å². The van der Waals surface area contributed by atoms with Crippen molar-refractivity contribution in [2.75, 3.05) is 6.61 Å². The first kappa shape index (κ1) is 20.0. The number of ether oxygens (including phenoxy) is 1. The molecular weight excluding hydrogens is 396 g/mol.